The maximum atomic E-state index is 13.0. The van der Waals surface area contributed by atoms with Gasteiger partial charge in [0.1, 0.15) is 12.1 Å². The molecule has 0 spiro atoms. The summed E-state index contributed by atoms with van der Waals surface area (Å²) in [5.74, 6) is -1.71. The summed E-state index contributed by atoms with van der Waals surface area (Å²) in [4.78, 5) is 8.24. The van der Waals surface area contributed by atoms with Crippen LogP contribution in [0.5, 0.6) is 0 Å². The average molecular weight is 241 g/mol. The van der Waals surface area contributed by atoms with Crippen molar-refractivity contribution in [1.82, 2.24) is 9.97 Å². The lowest BCUT2D eigenvalue weighted by Gasteiger charge is -2.29. The van der Waals surface area contributed by atoms with Crippen molar-refractivity contribution in [3.05, 3.63) is 17.6 Å². The average Bonchev–Trinajstić information content (AvgIpc) is 2.27. The Morgan fingerprint density at radius 3 is 2.53 bits per heavy atom. The van der Waals surface area contributed by atoms with E-state index in [0.29, 0.717) is 12.8 Å². The minimum atomic E-state index is -2.48. The zero-order valence-corrected chi connectivity index (χ0v) is 10.1. The Hall–Kier alpha value is -1.26. The number of rotatable bonds is 2. The lowest BCUT2D eigenvalue weighted by molar-refractivity contribution is -0.0361. The van der Waals surface area contributed by atoms with Crippen molar-refractivity contribution in [2.45, 2.75) is 51.5 Å². The number of nitrogens with one attached hydrogen (secondary N) is 1. The molecule has 0 radical (unpaired) electrons. The lowest BCUT2D eigenvalue weighted by Crippen LogP contribution is -2.32. The molecule has 0 atom stereocenters. The van der Waals surface area contributed by atoms with Gasteiger partial charge in [-0.2, -0.15) is 0 Å². The van der Waals surface area contributed by atoms with Crippen LogP contribution in [0.1, 0.15) is 36.9 Å². The fourth-order valence-electron chi connectivity index (χ4n) is 2.06. The van der Waals surface area contributed by atoms with Gasteiger partial charge in [-0.1, -0.05) is 0 Å². The molecule has 94 valence electrons. The molecule has 2 rings (SSSR count). The van der Waals surface area contributed by atoms with Crippen LogP contribution >= 0.6 is 0 Å². The quantitative estimate of drug-likeness (QED) is 0.864. The molecule has 17 heavy (non-hydrogen) atoms. The first-order chi connectivity index (χ1) is 7.98. The van der Waals surface area contributed by atoms with Crippen molar-refractivity contribution >= 4 is 5.82 Å². The van der Waals surface area contributed by atoms with E-state index in [1.165, 1.54) is 6.33 Å². The van der Waals surface area contributed by atoms with Gasteiger partial charge in [0.15, 0.2) is 0 Å². The van der Waals surface area contributed by atoms with Gasteiger partial charge in [-0.25, -0.2) is 18.7 Å². The van der Waals surface area contributed by atoms with E-state index in [1.54, 1.807) is 0 Å². The summed E-state index contributed by atoms with van der Waals surface area (Å²) < 4.78 is 26.0. The van der Waals surface area contributed by atoms with Crippen LogP contribution < -0.4 is 5.32 Å². The van der Waals surface area contributed by atoms with E-state index in [0.717, 1.165) is 17.1 Å². The van der Waals surface area contributed by atoms with Gasteiger partial charge in [-0.15, -0.1) is 0 Å². The molecule has 5 heteroatoms. The van der Waals surface area contributed by atoms with Gasteiger partial charge in [0.2, 0.25) is 5.92 Å². The predicted octanol–water partition coefficient (Wildman–Crippen LogP) is 3.08. The molecule has 1 aromatic heterocycles. The van der Waals surface area contributed by atoms with Gasteiger partial charge in [0.25, 0.3) is 0 Å². The molecule has 0 bridgehead atoms. The Morgan fingerprint density at radius 2 is 1.88 bits per heavy atom. The number of aryl methyl sites for hydroxylation is 1. The second kappa shape index (κ2) is 4.55. The van der Waals surface area contributed by atoms with Crippen molar-refractivity contribution in [3.8, 4) is 0 Å². The van der Waals surface area contributed by atoms with Crippen LogP contribution in [0.15, 0.2) is 6.33 Å². The van der Waals surface area contributed by atoms with Crippen LogP contribution in [-0.4, -0.2) is 21.9 Å². The Bertz CT molecular complexity index is 397. The number of alkyl halides is 2. The lowest BCUT2D eigenvalue weighted by atomic mass is 9.92. The summed E-state index contributed by atoms with van der Waals surface area (Å²) in [7, 11) is 0. The second-order valence-corrected chi connectivity index (χ2v) is 4.71. The van der Waals surface area contributed by atoms with Gasteiger partial charge in [0, 0.05) is 30.1 Å². The van der Waals surface area contributed by atoms with Crippen molar-refractivity contribution in [2.75, 3.05) is 5.32 Å². The summed E-state index contributed by atoms with van der Waals surface area (Å²) in [5.41, 5.74) is 1.91. The van der Waals surface area contributed by atoms with E-state index in [2.05, 4.69) is 15.3 Å². The number of aromatic nitrogens is 2. The van der Waals surface area contributed by atoms with E-state index >= 15 is 0 Å². The molecule has 0 aliphatic heterocycles. The van der Waals surface area contributed by atoms with Gasteiger partial charge in [0.05, 0.1) is 0 Å². The highest BCUT2D eigenvalue weighted by Crippen LogP contribution is 2.34. The van der Waals surface area contributed by atoms with Crippen LogP contribution in [0.4, 0.5) is 14.6 Å². The number of anilines is 1. The number of nitrogens with zero attached hydrogens (tertiary/aromatic N) is 2. The first-order valence-electron chi connectivity index (χ1n) is 5.90. The van der Waals surface area contributed by atoms with Crippen molar-refractivity contribution < 1.29 is 8.78 Å². The largest absolute Gasteiger partial charge is 0.367 e. The predicted molar refractivity (Wildman–Crippen MR) is 62.3 cm³/mol. The van der Waals surface area contributed by atoms with E-state index in [9.17, 15) is 8.78 Å². The Labute approximate surface area is 99.7 Å². The topological polar surface area (TPSA) is 37.8 Å². The van der Waals surface area contributed by atoms with E-state index < -0.39 is 5.92 Å². The highest BCUT2D eigenvalue weighted by atomic mass is 19.3. The number of hydrogen-bond acceptors (Lipinski definition) is 3. The Kier molecular flexibility index (Phi) is 3.26. The number of hydrogen-bond donors (Lipinski definition) is 1. The maximum absolute atomic E-state index is 13.0. The van der Waals surface area contributed by atoms with Crippen LogP contribution in [-0.2, 0) is 0 Å². The van der Waals surface area contributed by atoms with Gasteiger partial charge < -0.3 is 5.32 Å². The van der Waals surface area contributed by atoms with Crippen LogP contribution in [0.25, 0.3) is 0 Å². The van der Waals surface area contributed by atoms with Gasteiger partial charge in [-0.05, 0) is 26.7 Å². The molecule has 1 saturated carbocycles. The zero-order valence-electron chi connectivity index (χ0n) is 10.1. The normalized spacial score (nSPS) is 20.2. The SMILES string of the molecule is Cc1ncnc(NC2CCC(F)(F)CC2)c1C. The van der Waals surface area contributed by atoms with E-state index in [1.807, 2.05) is 13.8 Å². The monoisotopic (exact) mass is 241 g/mol. The molecule has 1 N–H and O–H groups in total. The molecule has 1 aromatic rings. The fourth-order valence-corrected chi connectivity index (χ4v) is 2.06. The third-order valence-electron chi connectivity index (χ3n) is 3.39. The van der Waals surface area contributed by atoms with E-state index in [-0.39, 0.29) is 18.9 Å². The molecule has 1 aliphatic carbocycles. The van der Waals surface area contributed by atoms with Crippen molar-refractivity contribution in [1.29, 1.82) is 0 Å². The Morgan fingerprint density at radius 1 is 1.24 bits per heavy atom. The van der Waals surface area contributed by atoms with Crippen LogP contribution in [0.3, 0.4) is 0 Å². The highest BCUT2D eigenvalue weighted by Gasteiger charge is 2.35. The molecule has 1 aliphatic rings. The summed E-state index contributed by atoms with van der Waals surface area (Å²) >= 11 is 0. The third kappa shape index (κ3) is 2.90. The molecule has 3 nitrogen and oxygen atoms in total. The first kappa shape index (κ1) is 12.2. The number of halogens is 2. The highest BCUT2D eigenvalue weighted by molar-refractivity contribution is 5.45. The minimum Gasteiger partial charge on any atom is -0.367 e. The molecular weight excluding hydrogens is 224 g/mol. The van der Waals surface area contributed by atoms with Gasteiger partial charge >= 0.3 is 0 Å². The van der Waals surface area contributed by atoms with Gasteiger partial charge in [-0.3, -0.25) is 0 Å². The second-order valence-electron chi connectivity index (χ2n) is 4.71. The standard InChI is InChI=1S/C12H17F2N3/c1-8-9(2)15-7-16-11(8)17-10-3-5-12(13,14)6-4-10/h7,10H,3-6H2,1-2H3,(H,15,16,17). The van der Waals surface area contributed by atoms with Crippen molar-refractivity contribution in [2.24, 2.45) is 0 Å². The molecule has 1 heterocycles. The molecule has 0 saturated heterocycles. The minimum absolute atomic E-state index is 0.0339. The molecule has 0 unspecified atom stereocenters. The summed E-state index contributed by atoms with van der Waals surface area (Å²) in [6.45, 7) is 3.85. The van der Waals surface area contributed by atoms with Crippen molar-refractivity contribution in [3.63, 3.8) is 0 Å². The van der Waals surface area contributed by atoms with Crippen LogP contribution in [0, 0.1) is 13.8 Å². The van der Waals surface area contributed by atoms with E-state index in [4.69, 9.17) is 0 Å². The summed E-state index contributed by atoms with van der Waals surface area (Å²) in [5, 5.41) is 3.24. The van der Waals surface area contributed by atoms with Crippen LogP contribution in [0.2, 0.25) is 0 Å². The molecule has 0 amide bonds. The first-order valence-corrected chi connectivity index (χ1v) is 5.90. The maximum Gasteiger partial charge on any atom is 0.248 e. The smallest absolute Gasteiger partial charge is 0.248 e. The molecule has 1 fully saturated rings. The summed E-state index contributed by atoms with van der Waals surface area (Å²) in [6.07, 6.45) is 2.43. The summed E-state index contributed by atoms with van der Waals surface area (Å²) in [6, 6.07) is 0.0997. The zero-order chi connectivity index (χ0) is 12.5. The molecular formula is C12H17F2N3. The Balaban J connectivity index is 2.00. The third-order valence-corrected chi connectivity index (χ3v) is 3.39. The fraction of sp³-hybridized carbons (Fsp3) is 0.667. The molecule has 0 aromatic carbocycles.